The Morgan fingerprint density at radius 1 is 1.59 bits per heavy atom. The molecule has 2 aromatic heterocycles. The van der Waals surface area contributed by atoms with Crippen molar-refractivity contribution in [3.63, 3.8) is 0 Å². The number of aromatic nitrogens is 3. The van der Waals surface area contributed by atoms with Crippen molar-refractivity contribution in [1.82, 2.24) is 14.8 Å². The molecular formula is C9H10N4O3S. The molecule has 0 saturated heterocycles. The van der Waals surface area contributed by atoms with Crippen LogP contribution in [0.3, 0.4) is 0 Å². The molecule has 0 saturated carbocycles. The summed E-state index contributed by atoms with van der Waals surface area (Å²) >= 11 is 5.08. The summed E-state index contributed by atoms with van der Waals surface area (Å²) in [5.74, 6) is 0.458. The van der Waals surface area contributed by atoms with Gasteiger partial charge in [-0.2, -0.15) is 5.10 Å². The van der Waals surface area contributed by atoms with Gasteiger partial charge in [-0.05, 0) is 32.1 Å². The van der Waals surface area contributed by atoms with Crippen LogP contribution < -0.4 is 0 Å². The van der Waals surface area contributed by atoms with Crippen LogP contribution in [0.4, 0.5) is 5.88 Å². The molecule has 0 amide bonds. The molecule has 0 aromatic carbocycles. The first-order valence-electron chi connectivity index (χ1n) is 4.92. The Morgan fingerprint density at radius 2 is 2.29 bits per heavy atom. The van der Waals surface area contributed by atoms with Crippen molar-refractivity contribution in [1.29, 1.82) is 0 Å². The van der Waals surface area contributed by atoms with Gasteiger partial charge in [-0.25, -0.2) is 0 Å². The van der Waals surface area contributed by atoms with Crippen molar-refractivity contribution in [2.24, 2.45) is 0 Å². The summed E-state index contributed by atoms with van der Waals surface area (Å²) < 4.78 is 7.27. The van der Waals surface area contributed by atoms with Crippen molar-refractivity contribution in [3.05, 3.63) is 27.0 Å². The number of nitrogens with zero attached hydrogens (tertiary/aromatic N) is 3. The van der Waals surface area contributed by atoms with Crippen molar-refractivity contribution in [2.75, 3.05) is 0 Å². The van der Waals surface area contributed by atoms with Crippen LogP contribution in [0.5, 0.6) is 0 Å². The van der Waals surface area contributed by atoms with E-state index in [0.717, 1.165) is 0 Å². The minimum absolute atomic E-state index is 0.0837. The van der Waals surface area contributed by atoms with Crippen LogP contribution in [0, 0.1) is 14.9 Å². The summed E-state index contributed by atoms with van der Waals surface area (Å²) in [7, 11) is 0. The zero-order chi connectivity index (χ0) is 12.6. The lowest BCUT2D eigenvalue weighted by Gasteiger charge is -2.07. The molecule has 90 valence electrons. The molecule has 0 unspecified atom stereocenters. The van der Waals surface area contributed by atoms with Crippen LogP contribution in [-0.2, 0) is 0 Å². The molecule has 8 heteroatoms. The quantitative estimate of drug-likeness (QED) is 0.516. The standard InChI is InChI=1S/C9H10N4O3S/c1-5(2)12-8(10-11-9(12)17)6-3-4-7(16-6)13(14)15/h3-5H,1-2H3,(H,11,17). The number of hydrogen-bond donors (Lipinski definition) is 1. The molecule has 2 heterocycles. The fourth-order valence-corrected chi connectivity index (χ4v) is 1.85. The lowest BCUT2D eigenvalue weighted by atomic mass is 10.3. The summed E-state index contributed by atoms with van der Waals surface area (Å²) in [5.41, 5.74) is 0. The molecule has 0 spiro atoms. The van der Waals surface area contributed by atoms with Gasteiger partial charge < -0.3 is 4.42 Å². The molecule has 7 nitrogen and oxygen atoms in total. The molecule has 0 atom stereocenters. The van der Waals surface area contributed by atoms with Crippen molar-refractivity contribution in [2.45, 2.75) is 19.9 Å². The molecule has 1 N–H and O–H groups in total. The zero-order valence-corrected chi connectivity index (χ0v) is 10.0. The van der Waals surface area contributed by atoms with E-state index in [0.29, 0.717) is 16.4 Å². The number of nitrogens with one attached hydrogen (secondary N) is 1. The number of rotatable bonds is 3. The summed E-state index contributed by atoms with van der Waals surface area (Å²) in [6, 6.07) is 2.88. The van der Waals surface area contributed by atoms with Crippen LogP contribution in [0.1, 0.15) is 19.9 Å². The number of hydrogen-bond acceptors (Lipinski definition) is 5. The van der Waals surface area contributed by atoms with Gasteiger partial charge in [0.25, 0.3) is 0 Å². The Balaban J connectivity index is 2.53. The van der Waals surface area contributed by atoms with Gasteiger partial charge in [-0.15, -0.1) is 0 Å². The molecular weight excluding hydrogens is 244 g/mol. The second-order valence-corrected chi connectivity index (χ2v) is 4.10. The molecule has 0 aliphatic heterocycles. The average molecular weight is 254 g/mol. The Labute approximate surface area is 101 Å². The normalized spacial score (nSPS) is 11.0. The highest BCUT2D eigenvalue weighted by Gasteiger charge is 2.18. The summed E-state index contributed by atoms with van der Waals surface area (Å²) in [6.45, 7) is 3.87. The van der Waals surface area contributed by atoms with Gasteiger partial charge in [0.2, 0.25) is 0 Å². The summed E-state index contributed by atoms with van der Waals surface area (Å²) in [4.78, 5) is 9.93. The van der Waals surface area contributed by atoms with E-state index in [1.165, 1.54) is 12.1 Å². The SMILES string of the molecule is CC(C)n1c(-c2ccc([N+](=O)[O-])o2)n[nH]c1=S. The second-order valence-electron chi connectivity index (χ2n) is 3.71. The number of H-pyrrole nitrogens is 1. The molecule has 0 fully saturated rings. The largest absolute Gasteiger partial charge is 0.433 e. The van der Waals surface area contributed by atoms with Gasteiger partial charge in [-0.3, -0.25) is 19.8 Å². The minimum atomic E-state index is -0.593. The van der Waals surface area contributed by atoms with Crippen LogP contribution in [0.2, 0.25) is 0 Å². The Hall–Kier alpha value is -1.96. The van der Waals surface area contributed by atoms with E-state index in [1.54, 1.807) is 4.57 Å². The summed E-state index contributed by atoms with van der Waals surface area (Å²) in [6.07, 6.45) is 0. The fourth-order valence-electron chi connectivity index (χ4n) is 1.50. The number of nitro groups is 1. The van der Waals surface area contributed by atoms with Crippen LogP contribution >= 0.6 is 12.2 Å². The second kappa shape index (κ2) is 4.13. The number of furan rings is 1. The highest BCUT2D eigenvalue weighted by Crippen LogP contribution is 2.26. The van der Waals surface area contributed by atoms with Crippen LogP contribution in [0.25, 0.3) is 11.6 Å². The Kier molecular flexibility index (Phi) is 2.80. The zero-order valence-electron chi connectivity index (χ0n) is 9.21. The molecule has 2 rings (SSSR count). The highest BCUT2D eigenvalue weighted by molar-refractivity contribution is 7.71. The molecule has 0 aliphatic rings. The maximum Gasteiger partial charge on any atom is 0.433 e. The highest BCUT2D eigenvalue weighted by atomic mass is 32.1. The molecule has 0 bridgehead atoms. The van der Waals surface area contributed by atoms with Crippen molar-refractivity contribution < 1.29 is 9.34 Å². The maximum atomic E-state index is 10.5. The van der Waals surface area contributed by atoms with E-state index in [1.807, 2.05) is 13.8 Å². The molecule has 2 aromatic rings. The predicted octanol–water partition coefficient (Wildman–Crippen LogP) is 2.69. The van der Waals surface area contributed by atoms with Gasteiger partial charge in [0.1, 0.15) is 4.92 Å². The topological polar surface area (TPSA) is 89.9 Å². The first-order valence-corrected chi connectivity index (χ1v) is 5.33. The van der Waals surface area contributed by atoms with Gasteiger partial charge in [0.05, 0.1) is 6.07 Å². The predicted molar refractivity (Wildman–Crippen MR) is 62.2 cm³/mol. The van der Waals surface area contributed by atoms with Crippen molar-refractivity contribution >= 4 is 18.1 Å². The average Bonchev–Trinajstić information content (AvgIpc) is 2.82. The van der Waals surface area contributed by atoms with E-state index in [2.05, 4.69) is 10.2 Å². The van der Waals surface area contributed by atoms with Gasteiger partial charge in [0.15, 0.2) is 16.4 Å². The Morgan fingerprint density at radius 3 is 2.82 bits per heavy atom. The summed E-state index contributed by atoms with van der Waals surface area (Å²) in [5, 5.41) is 17.2. The van der Waals surface area contributed by atoms with Gasteiger partial charge in [-0.1, -0.05) is 0 Å². The van der Waals surface area contributed by atoms with Gasteiger partial charge >= 0.3 is 5.88 Å². The van der Waals surface area contributed by atoms with E-state index < -0.39 is 4.92 Å². The van der Waals surface area contributed by atoms with E-state index in [4.69, 9.17) is 16.6 Å². The lowest BCUT2D eigenvalue weighted by Crippen LogP contribution is -2.02. The van der Waals surface area contributed by atoms with E-state index >= 15 is 0 Å². The first-order chi connectivity index (χ1) is 8.00. The van der Waals surface area contributed by atoms with Crippen molar-refractivity contribution in [3.8, 4) is 11.6 Å². The number of aromatic amines is 1. The molecule has 17 heavy (non-hydrogen) atoms. The maximum absolute atomic E-state index is 10.5. The monoisotopic (exact) mass is 254 g/mol. The van der Waals surface area contributed by atoms with E-state index in [-0.39, 0.29) is 11.9 Å². The fraction of sp³-hybridized carbons (Fsp3) is 0.333. The lowest BCUT2D eigenvalue weighted by molar-refractivity contribution is -0.401. The minimum Gasteiger partial charge on any atom is -0.397 e. The Bertz CT molecular complexity index is 610. The van der Waals surface area contributed by atoms with E-state index in [9.17, 15) is 10.1 Å². The van der Waals surface area contributed by atoms with Crippen LogP contribution in [0.15, 0.2) is 16.5 Å². The third-order valence-electron chi connectivity index (χ3n) is 2.21. The molecule has 0 radical (unpaired) electrons. The first kappa shape index (κ1) is 11.5. The smallest absolute Gasteiger partial charge is 0.397 e. The molecule has 0 aliphatic carbocycles. The van der Waals surface area contributed by atoms with Gasteiger partial charge in [0, 0.05) is 6.04 Å². The third-order valence-corrected chi connectivity index (χ3v) is 2.50. The van der Waals surface area contributed by atoms with Crippen LogP contribution in [-0.4, -0.2) is 19.7 Å². The third kappa shape index (κ3) is 1.98.